The molecule has 0 aliphatic carbocycles. The van der Waals surface area contributed by atoms with Gasteiger partial charge in [-0.1, -0.05) is 0 Å². The van der Waals surface area contributed by atoms with Crippen LogP contribution in [0.15, 0.2) is 35.4 Å². The van der Waals surface area contributed by atoms with E-state index < -0.39 is 0 Å². The van der Waals surface area contributed by atoms with E-state index >= 15 is 0 Å². The Bertz CT molecular complexity index is 1160. The van der Waals surface area contributed by atoms with E-state index in [0.717, 1.165) is 35.8 Å². The van der Waals surface area contributed by atoms with Gasteiger partial charge in [0, 0.05) is 54.5 Å². The van der Waals surface area contributed by atoms with Gasteiger partial charge in [-0.3, -0.25) is 9.48 Å². The fraction of sp³-hybridized carbons (Fsp3) is 0.364. The summed E-state index contributed by atoms with van der Waals surface area (Å²) in [7, 11) is 1.88. The zero-order valence-corrected chi connectivity index (χ0v) is 18.3. The maximum atomic E-state index is 14.4. The first-order valence-corrected chi connectivity index (χ1v) is 11.1. The zero-order chi connectivity index (χ0) is 21.5. The van der Waals surface area contributed by atoms with Crippen molar-refractivity contribution >= 4 is 17.9 Å². The smallest absolute Gasteiger partial charge is 0.268 e. The molecule has 1 aromatic carbocycles. The van der Waals surface area contributed by atoms with Gasteiger partial charge in [0.15, 0.2) is 0 Å². The van der Waals surface area contributed by atoms with Gasteiger partial charge in [-0.05, 0) is 43.1 Å². The Kier molecular flexibility index (Phi) is 5.23. The molecule has 0 saturated heterocycles. The lowest BCUT2D eigenvalue weighted by Crippen LogP contribution is -2.28. The van der Waals surface area contributed by atoms with Crippen molar-refractivity contribution in [2.75, 3.05) is 13.2 Å². The number of rotatable bonds is 5. The summed E-state index contributed by atoms with van der Waals surface area (Å²) >= 11 is 1.66. The molecule has 0 fully saturated rings. The first-order valence-electron chi connectivity index (χ1n) is 10.3. The number of nitrogens with zero attached hydrogens (tertiary/aromatic N) is 4. The number of nitrogens with one attached hydrogen (secondary N) is 1. The van der Waals surface area contributed by atoms with Crippen molar-refractivity contribution in [1.29, 1.82) is 0 Å². The number of fused-ring (bicyclic) bond motifs is 2. The van der Waals surface area contributed by atoms with Crippen LogP contribution in [0.2, 0.25) is 0 Å². The summed E-state index contributed by atoms with van der Waals surface area (Å²) in [4.78, 5) is 14.0. The van der Waals surface area contributed by atoms with Crippen molar-refractivity contribution in [2.24, 2.45) is 7.05 Å². The van der Waals surface area contributed by atoms with E-state index in [1.165, 1.54) is 11.8 Å². The molecule has 162 valence electrons. The minimum absolute atomic E-state index is 0.139. The van der Waals surface area contributed by atoms with Crippen LogP contribution in [-0.4, -0.2) is 37.7 Å². The van der Waals surface area contributed by atoms with E-state index in [4.69, 9.17) is 4.74 Å². The Hall–Kier alpha value is -2.78. The van der Waals surface area contributed by atoms with Gasteiger partial charge >= 0.3 is 0 Å². The van der Waals surface area contributed by atoms with Gasteiger partial charge < -0.3 is 14.6 Å². The second-order valence-electron chi connectivity index (χ2n) is 7.82. The monoisotopic (exact) mass is 441 g/mol. The van der Waals surface area contributed by atoms with E-state index in [2.05, 4.69) is 14.7 Å². The number of benzene rings is 1. The van der Waals surface area contributed by atoms with Gasteiger partial charge in [-0.25, -0.2) is 8.70 Å². The fourth-order valence-electron chi connectivity index (χ4n) is 4.13. The molecule has 0 spiro atoms. The Labute approximate surface area is 184 Å². The van der Waals surface area contributed by atoms with Crippen LogP contribution in [0.25, 0.3) is 0 Å². The first kappa shape index (κ1) is 20.1. The number of halogens is 1. The van der Waals surface area contributed by atoms with Crippen LogP contribution in [0.1, 0.15) is 33.0 Å². The quantitative estimate of drug-likeness (QED) is 0.617. The summed E-state index contributed by atoms with van der Waals surface area (Å²) in [5, 5.41) is 7.21. The second kappa shape index (κ2) is 8.05. The Balaban J connectivity index is 1.29. The summed E-state index contributed by atoms with van der Waals surface area (Å²) in [6.07, 6.45) is 2.49. The molecule has 0 radical (unpaired) electrons. The second-order valence-corrected chi connectivity index (χ2v) is 8.96. The number of carbonyl (C=O) groups excluding carboxylic acids is 1. The van der Waals surface area contributed by atoms with E-state index in [1.807, 2.05) is 41.5 Å². The number of hydrogen-bond donors (Lipinski definition) is 1. The van der Waals surface area contributed by atoms with Gasteiger partial charge in [0.1, 0.15) is 17.3 Å². The normalized spacial score (nSPS) is 15.5. The third-order valence-corrected chi connectivity index (χ3v) is 7.20. The highest BCUT2D eigenvalue weighted by molar-refractivity contribution is 7.97. The molecule has 1 N–H and O–H groups in total. The minimum atomic E-state index is -0.312. The van der Waals surface area contributed by atoms with Gasteiger partial charge in [0.25, 0.3) is 5.91 Å². The van der Waals surface area contributed by atoms with Crippen LogP contribution in [0.5, 0.6) is 5.75 Å². The lowest BCUT2D eigenvalue weighted by atomic mass is 10.0. The Morgan fingerprint density at radius 3 is 3.06 bits per heavy atom. The van der Waals surface area contributed by atoms with Crippen LogP contribution in [0.4, 0.5) is 4.39 Å². The van der Waals surface area contributed by atoms with Crippen LogP contribution >= 0.6 is 11.9 Å². The summed E-state index contributed by atoms with van der Waals surface area (Å²) < 4.78 is 26.1. The topological polar surface area (TPSA) is 64.3 Å². The first-order chi connectivity index (χ1) is 15.0. The Morgan fingerprint density at radius 2 is 2.19 bits per heavy atom. The molecule has 0 saturated carbocycles. The molecule has 2 aromatic heterocycles. The number of hydrogen-bond acceptors (Lipinski definition) is 5. The van der Waals surface area contributed by atoms with Crippen LogP contribution < -0.4 is 10.1 Å². The highest BCUT2D eigenvalue weighted by atomic mass is 32.2. The highest BCUT2D eigenvalue weighted by Gasteiger charge is 2.23. The summed E-state index contributed by atoms with van der Waals surface area (Å²) in [5.41, 5.74) is 4.13. The molecule has 0 unspecified atom stereocenters. The number of ether oxygens (including phenoxy) is 1. The number of amides is 1. The lowest BCUT2D eigenvalue weighted by molar-refractivity contribution is 0.0942. The maximum absolute atomic E-state index is 14.4. The van der Waals surface area contributed by atoms with Gasteiger partial charge in [-0.2, -0.15) is 5.10 Å². The minimum Gasteiger partial charge on any atom is -0.493 e. The molecule has 0 atom stereocenters. The fourth-order valence-corrected chi connectivity index (χ4v) is 5.21. The van der Waals surface area contributed by atoms with Gasteiger partial charge in [0.2, 0.25) is 0 Å². The van der Waals surface area contributed by atoms with E-state index in [-0.39, 0.29) is 18.3 Å². The van der Waals surface area contributed by atoms with Gasteiger partial charge in [0.05, 0.1) is 25.4 Å². The standard InChI is InChI=1S/C22H24FN5O2S/c1-14-21(31-27-8-9-28-15(13-27)5-7-25-28)11-19(26(14)2)22(29)24-12-17-16-6-10-30-20(16)4-3-18(17)23/h3-5,7,11H,6,8-10,12-13H2,1-2H3,(H,24,29). The third-order valence-electron chi connectivity index (χ3n) is 6.02. The van der Waals surface area contributed by atoms with Crippen molar-refractivity contribution in [3.63, 3.8) is 0 Å². The predicted molar refractivity (Wildman–Crippen MR) is 115 cm³/mol. The lowest BCUT2D eigenvalue weighted by Gasteiger charge is -2.26. The molecule has 9 heteroatoms. The third kappa shape index (κ3) is 3.72. The summed E-state index contributed by atoms with van der Waals surface area (Å²) in [6, 6.07) is 7.00. The average Bonchev–Trinajstić information content (AvgIpc) is 3.48. The predicted octanol–water partition coefficient (Wildman–Crippen LogP) is 3.06. The molecular weight excluding hydrogens is 417 g/mol. The Morgan fingerprint density at radius 1 is 1.32 bits per heavy atom. The van der Waals surface area contributed by atoms with Crippen molar-refractivity contribution < 1.29 is 13.9 Å². The van der Waals surface area contributed by atoms with Crippen LogP contribution in [-0.2, 0) is 33.1 Å². The molecule has 31 heavy (non-hydrogen) atoms. The van der Waals surface area contributed by atoms with E-state index in [0.29, 0.717) is 30.0 Å². The number of carbonyl (C=O) groups is 1. The molecule has 4 heterocycles. The molecule has 2 aliphatic heterocycles. The zero-order valence-electron chi connectivity index (χ0n) is 17.5. The maximum Gasteiger partial charge on any atom is 0.268 e. The van der Waals surface area contributed by atoms with Crippen molar-refractivity contribution in [3.8, 4) is 5.75 Å². The number of aromatic nitrogens is 3. The average molecular weight is 442 g/mol. The summed E-state index contributed by atoms with van der Waals surface area (Å²) in [6.45, 7) is 5.24. The van der Waals surface area contributed by atoms with Crippen molar-refractivity contribution in [3.05, 3.63) is 64.5 Å². The molecule has 7 nitrogen and oxygen atoms in total. The molecule has 1 amide bonds. The molecule has 0 bridgehead atoms. The molecular formula is C22H24FN5O2S. The molecule has 5 rings (SSSR count). The van der Waals surface area contributed by atoms with Crippen LogP contribution in [0, 0.1) is 12.7 Å². The van der Waals surface area contributed by atoms with Crippen molar-refractivity contribution in [1.82, 2.24) is 24.0 Å². The van der Waals surface area contributed by atoms with Crippen molar-refractivity contribution in [2.45, 2.75) is 37.9 Å². The van der Waals surface area contributed by atoms with E-state index in [1.54, 1.807) is 18.0 Å². The molecule has 3 aromatic rings. The summed E-state index contributed by atoms with van der Waals surface area (Å²) in [5.74, 6) is 0.181. The largest absolute Gasteiger partial charge is 0.493 e. The van der Waals surface area contributed by atoms with E-state index in [9.17, 15) is 9.18 Å². The van der Waals surface area contributed by atoms with Gasteiger partial charge in [-0.15, -0.1) is 0 Å². The molecule has 2 aliphatic rings. The highest BCUT2D eigenvalue weighted by Crippen LogP contribution is 2.32. The van der Waals surface area contributed by atoms with Crippen LogP contribution in [0.3, 0.4) is 0 Å². The SMILES string of the molecule is Cc1c(SN2CCn3nccc3C2)cc(C(=O)NCc2c(F)ccc3c2CCO3)n1C.